The Morgan fingerprint density at radius 1 is 1.18 bits per heavy atom. The molecule has 9 heteroatoms. The number of benzene rings is 1. The molecule has 1 aromatic carbocycles. The average Bonchev–Trinajstić information content (AvgIpc) is 3.24. The third kappa shape index (κ3) is 2.75. The summed E-state index contributed by atoms with van der Waals surface area (Å²) in [7, 11) is 0. The Bertz CT molecular complexity index is 963. The van der Waals surface area contributed by atoms with Crippen LogP contribution in [0.2, 0.25) is 0 Å². The van der Waals surface area contributed by atoms with Gasteiger partial charge in [0.2, 0.25) is 0 Å². The second-order valence-corrected chi connectivity index (χ2v) is 7.18. The summed E-state index contributed by atoms with van der Waals surface area (Å²) < 4.78 is 7.61. The topological polar surface area (TPSA) is 126 Å². The van der Waals surface area contributed by atoms with Crippen LogP contribution in [0.25, 0.3) is 11.2 Å². The van der Waals surface area contributed by atoms with Gasteiger partial charge in [-0.3, -0.25) is 4.57 Å². The number of rotatable bonds is 5. The molecule has 4 N–H and O–H groups in total. The lowest BCUT2D eigenvalue weighted by molar-refractivity contribution is -0.174. The number of aromatic nitrogens is 4. The van der Waals surface area contributed by atoms with Gasteiger partial charge in [0.05, 0.1) is 12.9 Å². The van der Waals surface area contributed by atoms with Crippen molar-refractivity contribution < 1.29 is 20.1 Å². The van der Waals surface area contributed by atoms with E-state index in [0.29, 0.717) is 17.0 Å². The minimum atomic E-state index is -1.32. The lowest BCUT2D eigenvalue weighted by Crippen LogP contribution is -2.49. The number of nitrogens with zero attached hydrogens (tertiary/aromatic N) is 4. The summed E-state index contributed by atoms with van der Waals surface area (Å²) in [5, 5.41) is 33.9. The van der Waals surface area contributed by atoms with E-state index >= 15 is 0 Å². The van der Waals surface area contributed by atoms with E-state index in [1.165, 1.54) is 12.7 Å². The summed E-state index contributed by atoms with van der Waals surface area (Å²) in [6.45, 7) is 3.33. The Labute approximate surface area is 161 Å². The summed E-state index contributed by atoms with van der Waals surface area (Å²) in [5.74, 6) is 0.271. The Kier molecular flexibility index (Phi) is 4.76. The maximum Gasteiger partial charge on any atom is 0.178 e. The van der Waals surface area contributed by atoms with Crippen LogP contribution in [-0.2, 0) is 10.5 Å². The van der Waals surface area contributed by atoms with E-state index in [2.05, 4.69) is 20.3 Å². The van der Waals surface area contributed by atoms with Crippen molar-refractivity contribution in [3.63, 3.8) is 0 Å². The summed E-state index contributed by atoms with van der Waals surface area (Å²) >= 11 is 0. The van der Waals surface area contributed by atoms with Crippen molar-refractivity contribution in [3.05, 3.63) is 43.0 Å². The molecule has 1 saturated heterocycles. The van der Waals surface area contributed by atoms with E-state index in [-0.39, 0.29) is 5.92 Å². The predicted octanol–water partition coefficient (Wildman–Crippen LogP) is 0.992. The summed E-state index contributed by atoms with van der Waals surface area (Å²) in [5.41, 5.74) is 0.486. The quantitative estimate of drug-likeness (QED) is 0.512. The van der Waals surface area contributed by atoms with Crippen molar-refractivity contribution >= 4 is 22.7 Å². The number of hydrogen-bond donors (Lipinski definition) is 4. The highest BCUT2D eigenvalue weighted by Gasteiger charge is 2.57. The molecular formula is C19H23N5O4. The first-order chi connectivity index (χ1) is 13.5. The molecule has 1 aliphatic rings. The molecule has 3 heterocycles. The molecule has 0 aliphatic carbocycles. The van der Waals surface area contributed by atoms with Crippen LogP contribution in [-0.4, -0.2) is 59.8 Å². The molecule has 1 aliphatic heterocycles. The number of anilines is 2. The van der Waals surface area contributed by atoms with Gasteiger partial charge in [0.25, 0.3) is 0 Å². The fraction of sp³-hybridized carbons (Fsp3) is 0.421. The molecule has 0 amide bonds. The Morgan fingerprint density at radius 2 is 1.93 bits per heavy atom. The molecule has 4 rings (SSSR count). The minimum absolute atomic E-state index is 0.244. The smallest absolute Gasteiger partial charge is 0.178 e. The van der Waals surface area contributed by atoms with Crippen molar-refractivity contribution in [2.75, 3.05) is 11.9 Å². The van der Waals surface area contributed by atoms with Crippen molar-refractivity contribution in [2.45, 2.75) is 37.9 Å². The zero-order valence-electron chi connectivity index (χ0n) is 15.6. The van der Waals surface area contributed by atoms with Gasteiger partial charge in [-0.2, -0.15) is 0 Å². The number of para-hydroxylation sites is 1. The molecule has 4 atom stereocenters. The minimum Gasteiger partial charge on any atom is -0.394 e. The zero-order chi connectivity index (χ0) is 19.9. The number of nitrogens with one attached hydrogen (secondary N) is 1. The molecule has 0 unspecified atom stereocenters. The van der Waals surface area contributed by atoms with Crippen LogP contribution in [0.4, 0.5) is 11.5 Å². The van der Waals surface area contributed by atoms with Crippen molar-refractivity contribution in [1.29, 1.82) is 0 Å². The molecule has 2 aromatic heterocycles. The van der Waals surface area contributed by atoms with E-state index in [1.54, 1.807) is 4.57 Å². The van der Waals surface area contributed by atoms with Gasteiger partial charge in [-0.15, -0.1) is 0 Å². The lowest BCUT2D eigenvalue weighted by atomic mass is 9.91. The second-order valence-electron chi connectivity index (χ2n) is 7.18. The first-order valence-electron chi connectivity index (χ1n) is 9.14. The van der Waals surface area contributed by atoms with Gasteiger partial charge >= 0.3 is 0 Å². The van der Waals surface area contributed by atoms with Crippen molar-refractivity contribution in [1.82, 2.24) is 19.5 Å². The molecular weight excluding hydrogens is 362 g/mol. The highest BCUT2D eigenvalue weighted by atomic mass is 16.6. The Morgan fingerprint density at radius 3 is 2.57 bits per heavy atom. The number of ether oxygens (including phenoxy) is 1. The normalized spacial score (nSPS) is 27.6. The summed E-state index contributed by atoms with van der Waals surface area (Å²) in [6.07, 6.45) is -0.471. The van der Waals surface area contributed by atoms with E-state index in [4.69, 9.17) is 4.74 Å². The molecule has 9 nitrogen and oxygen atoms in total. The fourth-order valence-electron chi connectivity index (χ4n) is 3.77. The lowest BCUT2D eigenvalue weighted by Gasteiger charge is -2.37. The van der Waals surface area contributed by atoms with E-state index in [9.17, 15) is 15.3 Å². The van der Waals surface area contributed by atoms with Crippen LogP contribution in [0.1, 0.15) is 13.8 Å². The highest BCUT2D eigenvalue weighted by molar-refractivity contribution is 5.85. The van der Waals surface area contributed by atoms with Crippen LogP contribution in [0, 0.1) is 5.92 Å². The van der Waals surface area contributed by atoms with E-state index in [1.807, 2.05) is 44.2 Å². The fourth-order valence-corrected chi connectivity index (χ4v) is 3.77. The largest absolute Gasteiger partial charge is 0.394 e. The molecule has 28 heavy (non-hydrogen) atoms. The molecule has 0 bridgehead atoms. The molecule has 0 spiro atoms. The maximum absolute atomic E-state index is 10.8. The van der Waals surface area contributed by atoms with E-state index in [0.717, 1.165) is 5.69 Å². The first kappa shape index (κ1) is 18.8. The molecule has 0 radical (unpaired) electrons. The molecule has 3 aromatic rings. The Hall–Kier alpha value is -2.59. The van der Waals surface area contributed by atoms with Crippen LogP contribution in [0.15, 0.2) is 43.0 Å². The van der Waals surface area contributed by atoms with Gasteiger partial charge in [-0.05, 0) is 12.1 Å². The molecule has 1 fully saturated rings. The SMILES string of the molecule is CC(C)[C@]1(n2cnc3c(Nc4ccccc4)ncnc32)O[C@H](CO)[C@@H](O)[C@H]1O. The number of fused-ring (bicyclic) bond motifs is 1. The summed E-state index contributed by atoms with van der Waals surface area (Å²) in [4.78, 5) is 13.1. The van der Waals surface area contributed by atoms with Gasteiger partial charge < -0.3 is 25.4 Å². The number of imidazole rings is 1. The number of aliphatic hydroxyl groups excluding tert-OH is 3. The molecule has 148 valence electrons. The third-order valence-electron chi connectivity index (χ3n) is 5.22. The van der Waals surface area contributed by atoms with Gasteiger partial charge in [0, 0.05) is 11.6 Å². The zero-order valence-corrected chi connectivity index (χ0v) is 15.6. The average molecular weight is 385 g/mol. The van der Waals surface area contributed by atoms with Gasteiger partial charge in [-0.25, -0.2) is 15.0 Å². The van der Waals surface area contributed by atoms with Crippen LogP contribution < -0.4 is 5.32 Å². The van der Waals surface area contributed by atoms with Gasteiger partial charge in [-0.1, -0.05) is 32.0 Å². The van der Waals surface area contributed by atoms with Crippen LogP contribution in [0.5, 0.6) is 0 Å². The number of hydrogen-bond acceptors (Lipinski definition) is 8. The van der Waals surface area contributed by atoms with E-state index < -0.39 is 30.6 Å². The second kappa shape index (κ2) is 7.10. The first-order valence-corrected chi connectivity index (χ1v) is 9.14. The van der Waals surface area contributed by atoms with Crippen LogP contribution in [0.3, 0.4) is 0 Å². The Balaban J connectivity index is 1.82. The standard InChI is InChI=1S/C19H23N5O4/c1-11(2)19(16(27)15(26)13(8-25)28-19)24-10-22-14-17(20-9-21-18(14)24)23-12-6-4-3-5-7-12/h3-7,9-11,13,15-16,25-27H,8H2,1-2H3,(H,20,21,23)/t13-,15-,16-,19+/m1/s1. The molecule has 0 saturated carbocycles. The van der Waals surface area contributed by atoms with Crippen molar-refractivity contribution in [3.8, 4) is 0 Å². The summed E-state index contributed by atoms with van der Waals surface area (Å²) in [6, 6.07) is 9.56. The monoisotopic (exact) mass is 385 g/mol. The predicted molar refractivity (Wildman–Crippen MR) is 102 cm³/mol. The third-order valence-corrected chi connectivity index (χ3v) is 5.22. The van der Waals surface area contributed by atoms with Gasteiger partial charge in [0.15, 0.2) is 22.7 Å². The van der Waals surface area contributed by atoms with Gasteiger partial charge in [0.1, 0.15) is 24.6 Å². The van der Waals surface area contributed by atoms with Crippen molar-refractivity contribution in [2.24, 2.45) is 5.92 Å². The highest BCUT2D eigenvalue weighted by Crippen LogP contribution is 2.43. The maximum atomic E-state index is 10.8. The van der Waals surface area contributed by atoms with Crippen LogP contribution >= 0.6 is 0 Å². The number of aliphatic hydroxyl groups is 3.